The number of ether oxygens (including phenoxy) is 1. The maximum absolute atomic E-state index is 12.3. The van der Waals surface area contributed by atoms with Gasteiger partial charge < -0.3 is 10.1 Å². The summed E-state index contributed by atoms with van der Waals surface area (Å²) in [6.45, 7) is 4.19. The van der Waals surface area contributed by atoms with E-state index in [-0.39, 0.29) is 11.8 Å². The zero-order valence-corrected chi connectivity index (χ0v) is 15.4. The molecule has 6 heteroatoms. The maximum atomic E-state index is 12.3. The summed E-state index contributed by atoms with van der Waals surface area (Å²) in [7, 11) is 1.65. The van der Waals surface area contributed by atoms with Crippen molar-refractivity contribution in [2.45, 2.75) is 46.0 Å². The van der Waals surface area contributed by atoms with Gasteiger partial charge in [-0.05, 0) is 30.5 Å². The number of anilines is 1. The minimum Gasteiger partial charge on any atom is -0.497 e. The van der Waals surface area contributed by atoms with Crippen LogP contribution in [0.3, 0.4) is 0 Å². The molecule has 1 atom stereocenters. The molecule has 0 saturated heterocycles. The molecule has 1 amide bonds. The second-order valence-corrected chi connectivity index (χ2v) is 6.82. The van der Waals surface area contributed by atoms with Crippen molar-refractivity contribution in [1.29, 1.82) is 0 Å². The van der Waals surface area contributed by atoms with Crippen LogP contribution in [0.5, 0.6) is 5.75 Å². The minimum absolute atomic E-state index is 0.0538. The van der Waals surface area contributed by atoms with E-state index < -0.39 is 0 Å². The predicted octanol–water partition coefficient (Wildman–Crippen LogP) is 4.29. The quantitative estimate of drug-likeness (QED) is 0.735. The van der Waals surface area contributed by atoms with Crippen molar-refractivity contribution in [3.63, 3.8) is 0 Å². The number of aromatic nitrogens is 2. The monoisotopic (exact) mass is 347 g/mol. The van der Waals surface area contributed by atoms with Crippen LogP contribution in [-0.2, 0) is 11.2 Å². The van der Waals surface area contributed by atoms with Gasteiger partial charge in [0.15, 0.2) is 0 Å². The molecule has 0 spiro atoms. The van der Waals surface area contributed by atoms with E-state index in [1.54, 1.807) is 7.11 Å². The maximum Gasteiger partial charge on any atom is 0.229 e. The van der Waals surface area contributed by atoms with Gasteiger partial charge in [0.1, 0.15) is 10.8 Å². The molecule has 0 bridgehead atoms. The predicted molar refractivity (Wildman–Crippen MR) is 97.6 cm³/mol. The highest BCUT2D eigenvalue weighted by molar-refractivity contribution is 7.15. The van der Waals surface area contributed by atoms with Gasteiger partial charge in [0.05, 0.1) is 7.11 Å². The van der Waals surface area contributed by atoms with E-state index in [4.69, 9.17) is 4.74 Å². The van der Waals surface area contributed by atoms with E-state index in [1.807, 2.05) is 24.3 Å². The average Bonchev–Trinajstić information content (AvgIpc) is 3.03. The molecule has 2 aromatic rings. The molecule has 1 aromatic heterocycles. The number of methoxy groups -OCH3 is 1. The minimum atomic E-state index is 0.0538. The Morgan fingerprint density at radius 3 is 2.62 bits per heavy atom. The molecule has 0 aliphatic rings. The smallest absolute Gasteiger partial charge is 0.229 e. The Bertz CT molecular complexity index is 640. The summed E-state index contributed by atoms with van der Waals surface area (Å²) in [4.78, 5) is 12.3. The summed E-state index contributed by atoms with van der Waals surface area (Å²) in [6.07, 6.45) is 4.66. The van der Waals surface area contributed by atoms with Crippen LogP contribution in [0.25, 0.3) is 0 Å². The molecule has 0 aliphatic heterocycles. The van der Waals surface area contributed by atoms with Crippen LogP contribution in [0.4, 0.5) is 5.13 Å². The first-order valence-corrected chi connectivity index (χ1v) is 9.24. The number of hydrogen-bond donors (Lipinski definition) is 1. The highest BCUT2D eigenvalue weighted by atomic mass is 32.1. The van der Waals surface area contributed by atoms with E-state index in [0.29, 0.717) is 11.6 Å². The van der Waals surface area contributed by atoms with Crippen molar-refractivity contribution in [3.05, 3.63) is 34.8 Å². The fraction of sp³-hybridized carbons (Fsp3) is 0.500. The molecule has 2 rings (SSSR count). The molecular weight excluding hydrogens is 322 g/mol. The molecular formula is C18H25N3O2S. The summed E-state index contributed by atoms with van der Waals surface area (Å²) in [5.41, 5.74) is 1.14. The number of benzene rings is 1. The number of carbonyl (C=O) groups is 1. The van der Waals surface area contributed by atoms with Crippen LogP contribution in [0, 0.1) is 5.92 Å². The largest absolute Gasteiger partial charge is 0.497 e. The number of nitrogens with one attached hydrogen (secondary N) is 1. The van der Waals surface area contributed by atoms with Gasteiger partial charge in [0, 0.05) is 12.3 Å². The summed E-state index contributed by atoms with van der Waals surface area (Å²) in [6, 6.07) is 7.88. The molecule has 24 heavy (non-hydrogen) atoms. The molecule has 1 aromatic carbocycles. The molecule has 0 aliphatic carbocycles. The Hall–Kier alpha value is -1.95. The highest BCUT2D eigenvalue weighted by Crippen LogP contribution is 2.22. The summed E-state index contributed by atoms with van der Waals surface area (Å²) in [5.74, 6) is 0.943. The third-order valence-corrected chi connectivity index (χ3v) is 4.82. The fourth-order valence-corrected chi connectivity index (χ4v) is 3.25. The Balaban J connectivity index is 1.93. The topological polar surface area (TPSA) is 64.1 Å². The van der Waals surface area contributed by atoms with Crippen molar-refractivity contribution in [1.82, 2.24) is 10.2 Å². The number of amides is 1. The summed E-state index contributed by atoms with van der Waals surface area (Å²) < 4.78 is 5.16. The third kappa shape index (κ3) is 5.30. The number of hydrogen-bond acceptors (Lipinski definition) is 5. The number of carbonyl (C=O) groups excluding carboxylic acids is 1. The van der Waals surface area contributed by atoms with E-state index in [9.17, 15) is 4.79 Å². The first kappa shape index (κ1) is 18.4. The van der Waals surface area contributed by atoms with Crippen LogP contribution in [0.1, 0.15) is 50.1 Å². The van der Waals surface area contributed by atoms with Crippen molar-refractivity contribution in [3.8, 4) is 5.75 Å². The van der Waals surface area contributed by atoms with Crippen LogP contribution in [-0.4, -0.2) is 23.2 Å². The first-order chi connectivity index (χ1) is 11.7. The number of rotatable bonds is 9. The van der Waals surface area contributed by atoms with Crippen molar-refractivity contribution >= 4 is 22.4 Å². The van der Waals surface area contributed by atoms with E-state index in [0.717, 1.165) is 42.0 Å². The van der Waals surface area contributed by atoms with Crippen LogP contribution in [0.2, 0.25) is 0 Å². The standard InChI is InChI=1S/C18H25N3O2S/c1-4-6-7-14(5-2)17(22)19-18-21-20-16(24-18)12-13-8-10-15(23-3)11-9-13/h8-11,14H,4-7,12H2,1-3H3,(H,19,21,22)/t14-/m1/s1. The van der Waals surface area contributed by atoms with Gasteiger partial charge in [-0.3, -0.25) is 4.79 Å². The van der Waals surface area contributed by atoms with Gasteiger partial charge in [-0.15, -0.1) is 10.2 Å². The molecule has 0 unspecified atom stereocenters. The van der Waals surface area contributed by atoms with Gasteiger partial charge in [-0.2, -0.15) is 0 Å². The molecule has 0 radical (unpaired) electrons. The lowest BCUT2D eigenvalue weighted by molar-refractivity contribution is -0.120. The molecule has 0 saturated carbocycles. The lowest BCUT2D eigenvalue weighted by atomic mass is 9.99. The first-order valence-electron chi connectivity index (χ1n) is 8.42. The van der Waals surface area contributed by atoms with Gasteiger partial charge in [-0.25, -0.2) is 0 Å². The van der Waals surface area contributed by atoms with Gasteiger partial charge in [0.25, 0.3) is 0 Å². The fourth-order valence-electron chi connectivity index (χ4n) is 2.47. The second-order valence-electron chi connectivity index (χ2n) is 5.76. The molecule has 1 heterocycles. The Morgan fingerprint density at radius 2 is 2.00 bits per heavy atom. The average molecular weight is 347 g/mol. The van der Waals surface area contributed by atoms with Crippen molar-refractivity contribution < 1.29 is 9.53 Å². The van der Waals surface area contributed by atoms with Crippen molar-refractivity contribution in [2.24, 2.45) is 5.92 Å². The number of nitrogens with zero attached hydrogens (tertiary/aromatic N) is 2. The van der Waals surface area contributed by atoms with Gasteiger partial charge >= 0.3 is 0 Å². The van der Waals surface area contributed by atoms with E-state index >= 15 is 0 Å². The third-order valence-electron chi connectivity index (χ3n) is 3.98. The van der Waals surface area contributed by atoms with Crippen LogP contribution >= 0.6 is 11.3 Å². The Kier molecular flexibility index (Phi) is 7.18. The van der Waals surface area contributed by atoms with Crippen LogP contribution in [0.15, 0.2) is 24.3 Å². The molecule has 5 nitrogen and oxygen atoms in total. The van der Waals surface area contributed by atoms with Gasteiger partial charge in [-0.1, -0.05) is 50.2 Å². The van der Waals surface area contributed by atoms with Crippen molar-refractivity contribution in [2.75, 3.05) is 12.4 Å². The Morgan fingerprint density at radius 1 is 1.25 bits per heavy atom. The normalized spacial score (nSPS) is 12.0. The molecule has 130 valence electrons. The molecule has 1 N–H and O–H groups in total. The zero-order chi connectivity index (χ0) is 17.4. The highest BCUT2D eigenvalue weighted by Gasteiger charge is 2.17. The SMILES string of the molecule is CCCC[C@@H](CC)C(=O)Nc1nnc(Cc2ccc(OC)cc2)s1. The summed E-state index contributed by atoms with van der Waals surface area (Å²) >= 11 is 1.43. The lowest BCUT2D eigenvalue weighted by Gasteiger charge is -2.12. The summed E-state index contributed by atoms with van der Waals surface area (Å²) in [5, 5.41) is 12.7. The zero-order valence-electron chi connectivity index (χ0n) is 14.5. The number of unbranched alkanes of at least 4 members (excludes halogenated alkanes) is 1. The van der Waals surface area contributed by atoms with E-state index in [2.05, 4.69) is 29.4 Å². The van der Waals surface area contributed by atoms with Crippen LogP contribution < -0.4 is 10.1 Å². The lowest BCUT2D eigenvalue weighted by Crippen LogP contribution is -2.22. The van der Waals surface area contributed by atoms with Gasteiger partial charge in [0.2, 0.25) is 11.0 Å². The van der Waals surface area contributed by atoms with E-state index in [1.165, 1.54) is 11.3 Å². The molecule has 0 fully saturated rings. The Labute approximate surface area is 147 Å². The second kappa shape index (κ2) is 9.37.